The average molecular weight is 262 g/mol. The van der Waals surface area contributed by atoms with Crippen LogP contribution < -0.4 is 0 Å². The molecule has 0 aliphatic carbocycles. The average Bonchev–Trinajstić information content (AvgIpc) is 2.88. The molecule has 1 saturated heterocycles. The van der Waals surface area contributed by atoms with E-state index in [0.29, 0.717) is 25.1 Å². The number of hydrogen-bond acceptors (Lipinski definition) is 4. The first-order chi connectivity index (χ1) is 9.13. The standard InChI is InChI=1S/C14H18N2O3/c1-3-19-14(18)12-5-4-8-16(12)13(17)11-7-6-10(2)15-9-11/h6-7,9,12H,3-5,8H2,1-2H3. The molecular formula is C14H18N2O3. The number of aryl methyl sites for hydroxylation is 1. The second-order valence-corrected chi connectivity index (χ2v) is 4.60. The molecule has 1 fully saturated rings. The number of amides is 1. The van der Waals surface area contributed by atoms with Gasteiger partial charge >= 0.3 is 5.97 Å². The highest BCUT2D eigenvalue weighted by Crippen LogP contribution is 2.21. The van der Waals surface area contributed by atoms with E-state index < -0.39 is 6.04 Å². The number of aromatic nitrogens is 1. The maximum Gasteiger partial charge on any atom is 0.328 e. The zero-order valence-corrected chi connectivity index (χ0v) is 11.3. The first kappa shape index (κ1) is 13.5. The molecule has 0 aromatic carbocycles. The highest BCUT2D eigenvalue weighted by Gasteiger charge is 2.35. The molecule has 19 heavy (non-hydrogen) atoms. The van der Waals surface area contributed by atoms with E-state index in [-0.39, 0.29) is 11.9 Å². The molecule has 5 nitrogen and oxygen atoms in total. The SMILES string of the molecule is CCOC(=O)C1CCCN1C(=O)c1ccc(C)nc1. The summed E-state index contributed by atoms with van der Waals surface area (Å²) in [4.78, 5) is 29.9. The monoisotopic (exact) mass is 262 g/mol. The van der Waals surface area contributed by atoms with Gasteiger partial charge in [-0.1, -0.05) is 0 Å². The fraction of sp³-hybridized carbons (Fsp3) is 0.500. The van der Waals surface area contributed by atoms with Gasteiger partial charge < -0.3 is 9.64 Å². The lowest BCUT2D eigenvalue weighted by atomic mass is 10.2. The van der Waals surface area contributed by atoms with Gasteiger partial charge in [-0.25, -0.2) is 4.79 Å². The molecule has 0 saturated carbocycles. The molecule has 1 unspecified atom stereocenters. The van der Waals surface area contributed by atoms with E-state index in [2.05, 4.69) is 4.98 Å². The molecule has 1 aliphatic heterocycles. The number of pyridine rings is 1. The topological polar surface area (TPSA) is 59.5 Å². The van der Waals surface area contributed by atoms with Crippen molar-refractivity contribution in [3.8, 4) is 0 Å². The number of esters is 1. The van der Waals surface area contributed by atoms with Crippen molar-refractivity contribution in [3.05, 3.63) is 29.6 Å². The smallest absolute Gasteiger partial charge is 0.328 e. The Morgan fingerprint density at radius 1 is 1.47 bits per heavy atom. The fourth-order valence-electron chi connectivity index (χ4n) is 2.25. The highest BCUT2D eigenvalue weighted by atomic mass is 16.5. The van der Waals surface area contributed by atoms with Crippen molar-refractivity contribution in [2.75, 3.05) is 13.2 Å². The van der Waals surface area contributed by atoms with E-state index in [1.165, 1.54) is 0 Å². The lowest BCUT2D eigenvalue weighted by molar-refractivity contribution is -0.147. The number of nitrogens with zero attached hydrogens (tertiary/aromatic N) is 2. The summed E-state index contributed by atoms with van der Waals surface area (Å²) in [6.45, 7) is 4.56. The molecule has 0 radical (unpaired) electrons. The van der Waals surface area contributed by atoms with Gasteiger partial charge in [0, 0.05) is 18.4 Å². The van der Waals surface area contributed by atoms with Crippen LogP contribution in [0.3, 0.4) is 0 Å². The van der Waals surface area contributed by atoms with Crippen molar-refractivity contribution in [2.24, 2.45) is 0 Å². The summed E-state index contributed by atoms with van der Waals surface area (Å²) in [6.07, 6.45) is 3.05. The van der Waals surface area contributed by atoms with Crippen LogP contribution in [0.5, 0.6) is 0 Å². The van der Waals surface area contributed by atoms with Crippen LogP contribution in [-0.2, 0) is 9.53 Å². The minimum absolute atomic E-state index is 0.150. The third kappa shape index (κ3) is 2.92. The lowest BCUT2D eigenvalue weighted by Gasteiger charge is -2.23. The van der Waals surface area contributed by atoms with Crippen LogP contribution in [0.25, 0.3) is 0 Å². The van der Waals surface area contributed by atoms with Gasteiger partial charge in [0.15, 0.2) is 0 Å². The minimum atomic E-state index is -0.450. The molecule has 2 heterocycles. The van der Waals surface area contributed by atoms with Crippen molar-refractivity contribution in [2.45, 2.75) is 32.7 Å². The fourth-order valence-corrected chi connectivity index (χ4v) is 2.25. The Bertz CT molecular complexity index is 470. The Balaban J connectivity index is 2.13. The largest absolute Gasteiger partial charge is 0.464 e. The first-order valence-electron chi connectivity index (χ1n) is 6.53. The molecule has 1 amide bonds. The third-order valence-corrected chi connectivity index (χ3v) is 3.23. The quantitative estimate of drug-likeness (QED) is 0.776. The van der Waals surface area contributed by atoms with Crippen molar-refractivity contribution >= 4 is 11.9 Å². The second kappa shape index (κ2) is 5.82. The summed E-state index contributed by atoms with van der Waals surface area (Å²) in [6, 6.07) is 3.09. The summed E-state index contributed by atoms with van der Waals surface area (Å²) >= 11 is 0. The van der Waals surface area contributed by atoms with Gasteiger partial charge in [-0.3, -0.25) is 9.78 Å². The number of rotatable bonds is 3. The molecule has 2 rings (SSSR count). The maximum atomic E-state index is 12.4. The van der Waals surface area contributed by atoms with Crippen LogP contribution in [0.4, 0.5) is 0 Å². The first-order valence-corrected chi connectivity index (χ1v) is 6.53. The van der Waals surface area contributed by atoms with Gasteiger partial charge in [0.25, 0.3) is 5.91 Å². The molecule has 1 aromatic rings. The van der Waals surface area contributed by atoms with Gasteiger partial charge in [-0.05, 0) is 38.8 Å². The third-order valence-electron chi connectivity index (χ3n) is 3.23. The van der Waals surface area contributed by atoms with Crippen molar-refractivity contribution in [3.63, 3.8) is 0 Å². The van der Waals surface area contributed by atoms with Gasteiger partial charge in [-0.2, -0.15) is 0 Å². The Kier molecular flexibility index (Phi) is 4.14. The molecule has 5 heteroatoms. The molecule has 0 spiro atoms. The van der Waals surface area contributed by atoms with Crippen molar-refractivity contribution in [1.29, 1.82) is 0 Å². The highest BCUT2D eigenvalue weighted by molar-refractivity contribution is 5.96. The van der Waals surface area contributed by atoms with Crippen LogP contribution in [0.2, 0.25) is 0 Å². The Morgan fingerprint density at radius 2 is 2.26 bits per heavy atom. The van der Waals surface area contributed by atoms with E-state index in [1.807, 2.05) is 6.92 Å². The van der Waals surface area contributed by atoms with Crippen LogP contribution in [0.1, 0.15) is 35.8 Å². The number of likely N-dealkylation sites (tertiary alicyclic amines) is 1. The predicted octanol–water partition coefficient (Wildman–Crippen LogP) is 1.56. The molecular weight excluding hydrogens is 244 g/mol. The van der Waals surface area contributed by atoms with Crippen LogP contribution in [-0.4, -0.2) is 41.0 Å². The summed E-state index contributed by atoms with van der Waals surface area (Å²) in [5.74, 6) is -0.462. The van der Waals surface area contributed by atoms with E-state index >= 15 is 0 Å². The van der Waals surface area contributed by atoms with Crippen molar-refractivity contribution < 1.29 is 14.3 Å². The molecule has 0 bridgehead atoms. The molecule has 0 N–H and O–H groups in total. The lowest BCUT2D eigenvalue weighted by Crippen LogP contribution is -2.41. The van der Waals surface area contributed by atoms with E-state index in [0.717, 1.165) is 12.1 Å². The van der Waals surface area contributed by atoms with Crippen LogP contribution in [0, 0.1) is 6.92 Å². The van der Waals surface area contributed by atoms with E-state index in [4.69, 9.17) is 4.74 Å². The normalized spacial score (nSPS) is 18.4. The number of carbonyl (C=O) groups is 2. The molecule has 1 atom stereocenters. The molecule has 102 valence electrons. The summed E-state index contributed by atoms with van der Waals surface area (Å²) < 4.78 is 5.01. The second-order valence-electron chi connectivity index (χ2n) is 4.60. The summed E-state index contributed by atoms with van der Waals surface area (Å²) in [7, 11) is 0. The zero-order valence-electron chi connectivity index (χ0n) is 11.3. The van der Waals surface area contributed by atoms with E-state index in [9.17, 15) is 9.59 Å². The molecule has 1 aliphatic rings. The summed E-state index contributed by atoms with van der Waals surface area (Å²) in [5, 5.41) is 0. The van der Waals surface area contributed by atoms with Gasteiger partial charge in [0.05, 0.1) is 12.2 Å². The number of carbonyl (C=O) groups excluding carboxylic acids is 2. The predicted molar refractivity (Wildman–Crippen MR) is 69.7 cm³/mol. The molecule has 1 aromatic heterocycles. The number of hydrogen-bond donors (Lipinski definition) is 0. The Morgan fingerprint density at radius 3 is 2.89 bits per heavy atom. The van der Waals surface area contributed by atoms with Gasteiger partial charge in [0.2, 0.25) is 0 Å². The van der Waals surface area contributed by atoms with Gasteiger partial charge in [0.1, 0.15) is 6.04 Å². The van der Waals surface area contributed by atoms with Crippen molar-refractivity contribution in [1.82, 2.24) is 9.88 Å². The van der Waals surface area contributed by atoms with Gasteiger partial charge in [-0.15, -0.1) is 0 Å². The Hall–Kier alpha value is -1.91. The Labute approximate surface area is 112 Å². The minimum Gasteiger partial charge on any atom is -0.464 e. The zero-order chi connectivity index (χ0) is 13.8. The number of ether oxygens (including phenoxy) is 1. The van der Waals surface area contributed by atoms with Crippen LogP contribution >= 0.6 is 0 Å². The summed E-state index contributed by atoms with van der Waals surface area (Å²) in [5.41, 5.74) is 1.38. The van der Waals surface area contributed by atoms with Crippen LogP contribution in [0.15, 0.2) is 18.3 Å². The maximum absolute atomic E-state index is 12.4. The van der Waals surface area contributed by atoms with E-state index in [1.54, 1.807) is 30.2 Å².